The standard InChI is InChI=1S/C19H22N2O/c1-13-5-3-4-6-15(13)9-14(2)21-19(22)16-7-8-17-11-20-12-18(17)10-16/h3-8,10,14,20H,9,11-12H2,1-2H3,(H,21,22). The third-order valence-corrected chi connectivity index (χ3v) is 4.26. The first-order chi connectivity index (χ1) is 10.6. The molecule has 1 heterocycles. The maximum absolute atomic E-state index is 12.4. The van der Waals surface area contributed by atoms with E-state index in [1.807, 2.05) is 24.3 Å². The van der Waals surface area contributed by atoms with Crippen LogP contribution in [-0.4, -0.2) is 11.9 Å². The van der Waals surface area contributed by atoms with Gasteiger partial charge in [0.1, 0.15) is 0 Å². The van der Waals surface area contributed by atoms with Crippen molar-refractivity contribution in [1.29, 1.82) is 0 Å². The topological polar surface area (TPSA) is 41.1 Å². The first-order valence-corrected chi connectivity index (χ1v) is 7.81. The fourth-order valence-electron chi connectivity index (χ4n) is 2.96. The summed E-state index contributed by atoms with van der Waals surface area (Å²) in [6.07, 6.45) is 0.852. The SMILES string of the molecule is Cc1ccccc1CC(C)NC(=O)c1ccc2c(c1)CNC2. The predicted molar refractivity (Wildman–Crippen MR) is 88.8 cm³/mol. The molecule has 0 spiro atoms. The fourth-order valence-corrected chi connectivity index (χ4v) is 2.96. The molecular formula is C19H22N2O. The minimum absolute atomic E-state index is 0.00999. The Morgan fingerprint density at radius 2 is 1.95 bits per heavy atom. The summed E-state index contributed by atoms with van der Waals surface area (Å²) in [5, 5.41) is 6.41. The largest absolute Gasteiger partial charge is 0.349 e. The molecule has 0 aromatic heterocycles. The number of fused-ring (bicyclic) bond motifs is 1. The predicted octanol–water partition coefficient (Wildman–Crippen LogP) is 2.96. The zero-order chi connectivity index (χ0) is 15.5. The van der Waals surface area contributed by atoms with Crippen LogP contribution >= 0.6 is 0 Å². The highest BCUT2D eigenvalue weighted by Crippen LogP contribution is 2.17. The number of carbonyl (C=O) groups excluding carboxylic acids is 1. The molecule has 0 aliphatic carbocycles. The van der Waals surface area contributed by atoms with E-state index in [4.69, 9.17) is 0 Å². The van der Waals surface area contributed by atoms with Gasteiger partial charge in [-0.1, -0.05) is 30.3 Å². The van der Waals surface area contributed by atoms with Gasteiger partial charge in [-0.15, -0.1) is 0 Å². The zero-order valence-electron chi connectivity index (χ0n) is 13.1. The van der Waals surface area contributed by atoms with Crippen LogP contribution in [0.25, 0.3) is 0 Å². The number of rotatable bonds is 4. The van der Waals surface area contributed by atoms with E-state index in [9.17, 15) is 4.79 Å². The molecule has 3 heteroatoms. The monoisotopic (exact) mass is 294 g/mol. The van der Waals surface area contributed by atoms with Gasteiger partial charge in [0.2, 0.25) is 0 Å². The molecule has 1 unspecified atom stereocenters. The molecule has 0 radical (unpaired) electrons. The molecule has 3 nitrogen and oxygen atoms in total. The van der Waals surface area contributed by atoms with E-state index in [0.717, 1.165) is 25.1 Å². The Morgan fingerprint density at radius 3 is 2.77 bits per heavy atom. The molecule has 22 heavy (non-hydrogen) atoms. The maximum atomic E-state index is 12.4. The van der Waals surface area contributed by atoms with E-state index < -0.39 is 0 Å². The van der Waals surface area contributed by atoms with Gasteiger partial charge >= 0.3 is 0 Å². The van der Waals surface area contributed by atoms with E-state index in [-0.39, 0.29) is 11.9 Å². The second-order valence-corrected chi connectivity index (χ2v) is 6.09. The Labute approximate surface area is 131 Å². The third-order valence-electron chi connectivity index (χ3n) is 4.26. The zero-order valence-corrected chi connectivity index (χ0v) is 13.1. The van der Waals surface area contributed by atoms with E-state index in [0.29, 0.717) is 0 Å². The van der Waals surface area contributed by atoms with Crippen molar-refractivity contribution in [2.45, 2.75) is 39.4 Å². The summed E-state index contributed by atoms with van der Waals surface area (Å²) in [7, 11) is 0. The molecule has 0 fully saturated rings. The molecule has 0 saturated carbocycles. The lowest BCUT2D eigenvalue weighted by Crippen LogP contribution is -2.34. The first-order valence-electron chi connectivity index (χ1n) is 7.81. The summed E-state index contributed by atoms with van der Waals surface area (Å²) in [5.41, 5.74) is 5.84. The Hall–Kier alpha value is -2.13. The van der Waals surface area contributed by atoms with Crippen molar-refractivity contribution >= 4 is 5.91 Å². The highest BCUT2D eigenvalue weighted by atomic mass is 16.1. The van der Waals surface area contributed by atoms with E-state index >= 15 is 0 Å². The van der Waals surface area contributed by atoms with Crippen molar-refractivity contribution in [3.05, 3.63) is 70.3 Å². The Kier molecular flexibility index (Phi) is 4.25. The van der Waals surface area contributed by atoms with Crippen LogP contribution in [0.1, 0.15) is 39.5 Å². The Bertz CT molecular complexity index is 694. The molecular weight excluding hydrogens is 272 g/mol. The van der Waals surface area contributed by atoms with Crippen LogP contribution in [0.5, 0.6) is 0 Å². The summed E-state index contributed by atoms with van der Waals surface area (Å²) < 4.78 is 0. The lowest BCUT2D eigenvalue weighted by Gasteiger charge is -2.16. The van der Waals surface area contributed by atoms with Crippen molar-refractivity contribution in [3.8, 4) is 0 Å². The molecule has 1 aliphatic rings. The van der Waals surface area contributed by atoms with Crippen molar-refractivity contribution < 1.29 is 4.79 Å². The summed E-state index contributed by atoms with van der Waals surface area (Å²) in [5.74, 6) is 0.00999. The van der Waals surface area contributed by atoms with Gasteiger partial charge in [0, 0.05) is 24.7 Å². The molecule has 1 atom stereocenters. The fraction of sp³-hybridized carbons (Fsp3) is 0.316. The summed E-state index contributed by atoms with van der Waals surface area (Å²) in [4.78, 5) is 12.4. The van der Waals surface area contributed by atoms with Crippen LogP contribution in [-0.2, 0) is 19.5 Å². The smallest absolute Gasteiger partial charge is 0.251 e. The lowest BCUT2D eigenvalue weighted by molar-refractivity contribution is 0.0940. The molecule has 2 N–H and O–H groups in total. The highest BCUT2D eigenvalue weighted by Gasteiger charge is 2.15. The summed E-state index contributed by atoms with van der Waals surface area (Å²) in [6, 6.07) is 14.4. The number of aryl methyl sites for hydroxylation is 1. The second-order valence-electron chi connectivity index (χ2n) is 6.09. The number of carbonyl (C=O) groups is 1. The number of hydrogen-bond acceptors (Lipinski definition) is 2. The molecule has 114 valence electrons. The number of benzene rings is 2. The number of hydrogen-bond donors (Lipinski definition) is 2. The van der Waals surface area contributed by atoms with Gasteiger partial charge < -0.3 is 10.6 Å². The van der Waals surface area contributed by atoms with E-state index in [1.165, 1.54) is 22.3 Å². The van der Waals surface area contributed by atoms with Crippen LogP contribution in [0.2, 0.25) is 0 Å². The molecule has 1 aliphatic heterocycles. The summed E-state index contributed by atoms with van der Waals surface area (Å²) >= 11 is 0. The first kappa shape index (κ1) is 14.8. The number of amides is 1. The van der Waals surface area contributed by atoms with Gasteiger partial charge in [-0.2, -0.15) is 0 Å². The van der Waals surface area contributed by atoms with Crippen LogP contribution in [0.15, 0.2) is 42.5 Å². The Balaban J connectivity index is 1.65. The van der Waals surface area contributed by atoms with E-state index in [2.05, 4.69) is 42.7 Å². The molecule has 0 bridgehead atoms. The van der Waals surface area contributed by atoms with Crippen molar-refractivity contribution in [1.82, 2.24) is 10.6 Å². The van der Waals surface area contributed by atoms with Gasteiger partial charge in [0.05, 0.1) is 0 Å². The van der Waals surface area contributed by atoms with Crippen LogP contribution in [0, 0.1) is 6.92 Å². The number of nitrogens with one attached hydrogen (secondary N) is 2. The van der Waals surface area contributed by atoms with Crippen molar-refractivity contribution in [3.63, 3.8) is 0 Å². The minimum atomic E-state index is 0.00999. The van der Waals surface area contributed by atoms with Crippen LogP contribution in [0.4, 0.5) is 0 Å². The quantitative estimate of drug-likeness (QED) is 0.910. The van der Waals surface area contributed by atoms with Gasteiger partial charge in [0.15, 0.2) is 0 Å². The normalized spacial score (nSPS) is 14.5. The van der Waals surface area contributed by atoms with Gasteiger partial charge in [-0.05, 0) is 54.7 Å². The molecule has 0 saturated heterocycles. The highest BCUT2D eigenvalue weighted by molar-refractivity contribution is 5.94. The maximum Gasteiger partial charge on any atom is 0.251 e. The van der Waals surface area contributed by atoms with Gasteiger partial charge in [-0.25, -0.2) is 0 Å². The van der Waals surface area contributed by atoms with Crippen LogP contribution < -0.4 is 10.6 Å². The molecule has 1 amide bonds. The molecule has 2 aromatic rings. The van der Waals surface area contributed by atoms with E-state index in [1.54, 1.807) is 0 Å². The van der Waals surface area contributed by atoms with Gasteiger partial charge in [-0.3, -0.25) is 4.79 Å². The van der Waals surface area contributed by atoms with Gasteiger partial charge in [0.25, 0.3) is 5.91 Å². The minimum Gasteiger partial charge on any atom is -0.349 e. The average Bonchev–Trinajstić information content (AvgIpc) is 2.97. The molecule has 2 aromatic carbocycles. The third kappa shape index (κ3) is 3.20. The van der Waals surface area contributed by atoms with Crippen molar-refractivity contribution in [2.75, 3.05) is 0 Å². The second kappa shape index (κ2) is 6.32. The van der Waals surface area contributed by atoms with Crippen LogP contribution in [0.3, 0.4) is 0 Å². The lowest BCUT2D eigenvalue weighted by atomic mass is 10.0. The average molecular weight is 294 g/mol. The molecule has 3 rings (SSSR count). The Morgan fingerprint density at radius 1 is 1.18 bits per heavy atom. The summed E-state index contributed by atoms with van der Waals surface area (Å²) in [6.45, 7) is 5.92. The van der Waals surface area contributed by atoms with Crippen molar-refractivity contribution in [2.24, 2.45) is 0 Å².